The number of rotatable bonds is 10. The lowest BCUT2D eigenvalue weighted by atomic mass is 10.2. The summed E-state index contributed by atoms with van der Waals surface area (Å²) in [4.78, 5) is 36.2. The first kappa shape index (κ1) is 26.8. The molecule has 18 nitrogen and oxygen atoms in total. The van der Waals surface area contributed by atoms with E-state index in [4.69, 9.17) is 10.5 Å². The van der Waals surface area contributed by atoms with Crippen LogP contribution in [0.1, 0.15) is 34.6 Å². The fourth-order valence-corrected chi connectivity index (χ4v) is 4.14. The Labute approximate surface area is 229 Å². The number of carbonyl (C=O) groups is 1. The predicted octanol–water partition coefficient (Wildman–Crippen LogP) is 2.20. The van der Waals surface area contributed by atoms with Gasteiger partial charge in [0.15, 0.2) is 5.69 Å². The molecular formula is C23H21N11O7. The Morgan fingerprint density at radius 3 is 2.66 bits per heavy atom. The highest BCUT2D eigenvalue weighted by molar-refractivity contribution is 5.95. The predicted molar refractivity (Wildman–Crippen MR) is 139 cm³/mol. The Hall–Kier alpha value is -5.78. The van der Waals surface area contributed by atoms with E-state index in [0.717, 1.165) is 48.8 Å². The topological polar surface area (TPSA) is 236 Å². The number of hydrogen-bond donors (Lipinski definition) is 2. The van der Waals surface area contributed by atoms with E-state index < -0.39 is 27.1 Å². The molecule has 0 spiro atoms. The fraction of sp³-hybridized carbons (Fsp3) is 0.217. The van der Waals surface area contributed by atoms with Gasteiger partial charge in [-0.2, -0.15) is 9.78 Å². The molecular weight excluding hydrogens is 542 g/mol. The van der Waals surface area contributed by atoms with Gasteiger partial charge in [-0.1, -0.05) is 17.3 Å². The molecule has 0 saturated carbocycles. The Morgan fingerprint density at radius 2 is 1.95 bits per heavy atom. The number of non-ortho nitro benzene ring substituents is 1. The number of nitro benzene ring substituents is 2. The minimum Gasteiger partial charge on any atom is -0.450 e. The van der Waals surface area contributed by atoms with Gasteiger partial charge in [-0.3, -0.25) is 29.9 Å². The smallest absolute Gasteiger partial charge is 0.318 e. The molecule has 1 fully saturated rings. The van der Waals surface area contributed by atoms with Crippen LogP contribution < -0.4 is 15.9 Å². The lowest BCUT2D eigenvalue weighted by Gasteiger charge is -2.13. The largest absolute Gasteiger partial charge is 0.450 e. The standard InChI is InChI=1S/C23H21N11O7/c24-21-22(29-41-28-21)32-20(17(26-30-32)13-31-8-1-2-9-31)23(35)27-25-12-14-4-3-5-16(10-14)40-19-7-6-15(33(36)37)11-18(19)34(38)39/h3-7,10-12H,1-2,8-9,13H2,(H2,24,28)(H,27,35)/b25-12+. The van der Waals surface area contributed by atoms with E-state index in [1.54, 1.807) is 12.1 Å². The summed E-state index contributed by atoms with van der Waals surface area (Å²) >= 11 is 0. The van der Waals surface area contributed by atoms with Gasteiger partial charge in [0.25, 0.3) is 11.6 Å². The van der Waals surface area contributed by atoms with Gasteiger partial charge in [-0.15, -0.1) is 5.10 Å². The molecule has 3 heterocycles. The lowest BCUT2D eigenvalue weighted by Crippen LogP contribution is -2.26. The first-order chi connectivity index (χ1) is 19.8. The normalized spacial score (nSPS) is 13.5. The zero-order chi connectivity index (χ0) is 28.9. The van der Waals surface area contributed by atoms with E-state index in [-0.39, 0.29) is 28.8 Å². The van der Waals surface area contributed by atoms with E-state index in [2.05, 4.69) is 40.7 Å². The van der Waals surface area contributed by atoms with Crippen LogP contribution in [0.3, 0.4) is 0 Å². The SMILES string of the molecule is Nc1nonc1-n1nnc(CN2CCCC2)c1C(=O)N/N=C/c1cccc(Oc2ccc([N+](=O)[O-])cc2[N+](=O)[O-])c1. The van der Waals surface area contributed by atoms with Gasteiger partial charge < -0.3 is 10.5 Å². The molecule has 1 aliphatic heterocycles. The van der Waals surface area contributed by atoms with Crippen molar-refractivity contribution in [1.82, 2.24) is 35.6 Å². The van der Waals surface area contributed by atoms with Gasteiger partial charge in [0, 0.05) is 12.6 Å². The summed E-state index contributed by atoms with van der Waals surface area (Å²) < 4.78 is 11.4. The second kappa shape index (κ2) is 11.5. The van der Waals surface area contributed by atoms with Gasteiger partial charge >= 0.3 is 5.69 Å². The molecule has 3 N–H and O–H groups in total. The number of amides is 1. The number of ether oxygens (including phenoxy) is 1. The van der Waals surface area contributed by atoms with Crippen molar-refractivity contribution in [3.05, 3.63) is 79.6 Å². The molecule has 2 aromatic heterocycles. The number of nitrogens with two attached hydrogens (primary N) is 1. The monoisotopic (exact) mass is 563 g/mol. The summed E-state index contributed by atoms with van der Waals surface area (Å²) in [5.74, 6) is -0.705. The number of likely N-dealkylation sites (tertiary alicyclic amines) is 1. The molecule has 0 atom stereocenters. The average Bonchev–Trinajstić information content (AvgIpc) is 3.71. The number of carbonyl (C=O) groups excluding carboxylic acids is 1. The lowest BCUT2D eigenvalue weighted by molar-refractivity contribution is -0.394. The van der Waals surface area contributed by atoms with Crippen molar-refractivity contribution in [3.8, 4) is 17.3 Å². The van der Waals surface area contributed by atoms with Crippen LogP contribution in [0.15, 0.2) is 52.2 Å². The number of hydrazone groups is 1. The maximum atomic E-state index is 13.2. The summed E-state index contributed by atoms with van der Waals surface area (Å²) in [5.41, 5.74) is 8.14. The molecule has 1 amide bonds. The maximum Gasteiger partial charge on any atom is 0.318 e. The zero-order valence-corrected chi connectivity index (χ0v) is 21.1. The highest BCUT2D eigenvalue weighted by Crippen LogP contribution is 2.34. The molecule has 0 radical (unpaired) electrons. The maximum absolute atomic E-state index is 13.2. The molecule has 1 aliphatic rings. The molecule has 0 unspecified atom stereocenters. The molecule has 0 aliphatic carbocycles. The van der Waals surface area contributed by atoms with Crippen LogP contribution in [-0.4, -0.2) is 65.3 Å². The summed E-state index contributed by atoms with van der Waals surface area (Å²) in [6, 6.07) is 9.35. The van der Waals surface area contributed by atoms with Crippen molar-refractivity contribution in [2.75, 3.05) is 18.8 Å². The quantitative estimate of drug-likeness (QED) is 0.160. The minimum absolute atomic E-state index is 0.00416. The van der Waals surface area contributed by atoms with Gasteiger partial charge in [-0.25, -0.2) is 10.1 Å². The molecule has 0 bridgehead atoms. The number of benzene rings is 2. The van der Waals surface area contributed by atoms with Gasteiger partial charge in [0.05, 0.1) is 22.1 Å². The van der Waals surface area contributed by atoms with E-state index in [1.165, 1.54) is 18.3 Å². The van der Waals surface area contributed by atoms with Crippen LogP contribution in [0.2, 0.25) is 0 Å². The van der Waals surface area contributed by atoms with Crippen LogP contribution in [-0.2, 0) is 6.54 Å². The molecule has 210 valence electrons. The number of nitrogens with zero attached hydrogens (tertiary/aromatic N) is 9. The number of aromatic nitrogens is 5. The number of anilines is 1. The second-order valence-electron chi connectivity index (χ2n) is 8.79. The highest BCUT2D eigenvalue weighted by Gasteiger charge is 2.27. The Morgan fingerprint density at radius 1 is 1.15 bits per heavy atom. The van der Waals surface area contributed by atoms with E-state index in [0.29, 0.717) is 17.8 Å². The van der Waals surface area contributed by atoms with E-state index >= 15 is 0 Å². The fourth-order valence-electron chi connectivity index (χ4n) is 4.14. The molecule has 18 heteroatoms. The third-order valence-electron chi connectivity index (χ3n) is 6.04. The first-order valence-corrected chi connectivity index (χ1v) is 12.1. The van der Waals surface area contributed by atoms with Crippen LogP contribution in [0.5, 0.6) is 11.5 Å². The Balaban J connectivity index is 1.33. The minimum atomic E-state index is -0.774. The van der Waals surface area contributed by atoms with Crippen LogP contribution in [0, 0.1) is 20.2 Å². The second-order valence-corrected chi connectivity index (χ2v) is 8.79. The third-order valence-corrected chi connectivity index (χ3v) is 6.04. The number of nitrogens with one attached hydrogen (secondary N) is 1. The van der Waals surface area contributed by atoms with Crippen molar-refractivity contribution in [1.29, 1.82) is 0 Å². The van der Waals surface area contributed by atoms with Gasteiger partial charge in [0.2, 0.25) is 17.4 Å². The van der Waals surface area contributed by atoms with Crippen molar-refractivity contribution in [3.63, 3.8) is 0 Å². The van der Waals surface area contributed by atoms with Crippen molar-refractivity contribution < 1.29 is 24.0 Å². The first-order valence-electron chi connectivity index (χ1n) is 12.1. The van der Waals surface area contributed by atoms with Crippen molar-refractivity contribution >= 4 is 29.3 Å². The van der Waals surface area contributed by atoms with E-state index in [1.807, 2.05) is 0 Å². The zero-order valence-electron chi connectivity index (χ0n) is 21.1. The number of nitro groups is 2. The summed E-state index contributed by atoms with van der Waals surface area (Å²) in [5, 5.41) is 41.8. The Bertz CT molecular complexity index is 1640. The van der Waals surface area contributed by atoms with Crippen molar-refractivity contribution in [2.45, 2.75) is 19.4 Å². The molecule has 5 rings (SSSR count). The third kappa shape index (κ3) is 5.96. The summed E-state index contributed by atoms with van der Waals surface area (Å²) in [7, 11) is 0. The Kier molecular flexibility index (Phi) is 7.54. The molecule has 2 aromatic carbocycles. The number of hydrogen-bond acceptors (Lipinski definition) is 14. The molecule has 41 heavy (non-hydrogen) atoms. The molecule has 1 saturated heterocycles. The van der Waals surface area contributed by atoms with Crippen molar-refractivity contribution in [2.24, 2.45) is 5.10 Å². The van der Waals surface area contributed by atoms with Crippen LogP contribution >= 0.6 is 0 Å². The van der Waals surface area contributed by atoms with Gasteiger partial charge in [0.1, 0.15) is 11.4 Å². The average molecular weight is 563 g/mol. The number of nitrogen functional groups attached to an aromatic ring is 1. The van der Waals surface area contributed by atoms with Gasteiger partial charge in [-0.05, 0) is 60.0 Å². The summed E-state index contributed by atoms with van der Waals surface area (Å²) in [6.07, 6.45) is 3.41. The van der Waals surface area contributed by atoms with Crippen LogP contribution in [0.4, 0.5) is 17.2 Å². The van der Waals surface area contributed by atoms with E-state index in [9.17, 15) is 25.0 Å². The summed E-state index contributed by atoms with van der Waals surface area (Å²) in [6.45, 7) is 2.11. The highest BCUT2D eigenvalue weighted by atomic mass is 16.6. The van der Waals surface area contributed by atoms with Crippen LogP contribution in [0.25, 0.3) is 5.82 Å². The molecule has 4 aromatic rings.